The van der Waals surface area contributed by atoms with Crippen LogP contribution in [0.1, 0.15) is 63.5 Å². The molecule has 0 spiro atoms. The van der Waals surface area contributed by atoms with E-state index in [0.717, 1.165) is 30.0 Å². The number of hydrogen-bond donors (Lipinski definition) is 1. The van der Waals surface area contributed by atoms with Gasteiger partial charge in [-0.3, -0.25) is 19.3 Å². The van der Waals surface area contributed by atoms with Crippen molar-refractivity contribution < 1.29 is 23.4 Å². The highest BCUT2D eigenvalue weighted by Gasteiger charge is 2.48. The molecular weight excluding hydrogens is 468 g/mol. The number of hydrogen-bond acceptors (Lipinski definition) is 5. The first kappa shape index (κ1) is 21.6. The quantitative estimate of drug-likeness (QED) is 0.565. The van der Waals surface area contributed by atoms with E-state index in [1.807, 2.05) is 23.2 Å². The van der Waals surface area contributed by atoms with Gasteiger partial charge >= 0.3 is 0 Å². The molecule has 1 amide bonds. The molecule has 1 N–H and O–H groups in total. The maximum atomic E-state index is 15.4. The number of carbonyl (C=O) groups is 1. The molecule has 5 aliphatic rings. The highest BCUT2D eigenvalue weighted by atomic mass is 19.2. The number of ether oxygens (including phenoxy) is 1. The van der Waals surface area contributed by atoms with E-state index >= 15 is 4.39 Å². The number of benzene rings is 2. The largest absolute Gasteiger partial charge is 0.502 e. The molecule has 0 radical (unpaired) electrons. The number of morpholine rings is 1. The summed E-state index contributed by atoms with van der Waals surface area (Å²) in [4.78, 5) is 27.4. The topological polar surface area (TPSA) is 75.0 Å². The highest BCUT2D eigenvalue weighted by Crippen LogP contribution is 2.55. The van der Waals surface area contributed by atoms with Gasteiger partial charge in [-0.05, 0) is 53.0 Å². The Morgan fingerprint density at radius 1 is 0.944 bits per heavy atom. The third-order valence-electron chi connectivity index (χ3n) is 8.18. The second kappa shape index (κ2) is 7.64. The normalized spacial score (nSPS) is 26.1. The van der Waals surface area contributed by atoms with Crippen LogP contribution in [-0.4, -0.2) is 46.5 Å². The molecule has 2 aromatic carbocycles. The molecule has 2 aliphatic heterocycles. The van der Waals surface area contributed by atoms with Crippen LogP contribution in [0.4, 0.5) is 8.78 Å². The van der Waals surface area contributed by atoms with Crippen molar-refractivity contribution in [2.45, 2.75) is 36.9 Å². The van der Waals surface area contributed by atoms with Gasteiger partial charge in [0.25, 0.3) is 5.91 Å². The molecule has 36 heavy (non-hydrogen) atoms. The van der Waals surface area contributed by atoms with Crippen LogP contribution >= 0.6 is 0 Å². The minimum atomic E-state index is -0.886. The number of nitrogens with zero attached hydrogens (tertiary/aromatic N) is 3. The fourth-order valence-electron chi connectivity index (χ4n) is 6.46. The summed E-state index contributed by atoms with van der Waals surface area (Å²) >= 11 is 0. The van der Waals surface area contributed by atoms with Crippen LogP contribution in [0.25, 0.3) is 0 Å². The summed E-state index contributed by atoms with van der Waals surface area (Å²) in [6, 6.07) is 11.3. The van der Waals surface area contributed by atoms with Crippen LogP contribution in [0.5, 0.6) is 5.75 Å². The standard InChI is InChI=1S/C27H23F2N3O4/c28-19-6-5-18-22(23(19)29)15-11-14(12-15)16-3-1-2-4-17(16)24(18)32-21-13-36-10-9-30(21)27(35)25-26(34)20(33)7-8-31(25)32/h1-8,14-15,21,24,34H,9-13H2/t14?,15?,21-,24-/m1/s1. The van der Waals surface area contributed by atoms with Crippen molar-refractivity contribution >= 4 is 5.91 Å². The minimum absolute atomic E-state index is 0.122. The summed E-state index contributed by atoms with van der Waals surface area (Å²) in [5.74, 6) is -2.75. The van der Waals surface area contributed by atoms with Crippen LogP contribution in [0, 0.1) is 11.6 Å². The number of halogens is 2. The summed E-state index contributed by atoms with van der Waals surface area (Å²) in [5, 5.41) is 12.6. The summed E-state index contributed by atoms with van der Waals surface area (Å²) < 4.78 is 37.2. The molecule has 9 heteroatoms. The highest BCUT2D eigenvalue weighted by molar-refractivity contribution is 5.96. The molecule has 3 heterocycles. The molecule has 2 fully saturated rings. The third-order valence-corrected chi connectivity index (χ3v) is 8.18. The van der Waals surface area contributed by atoms with Crippen molar-refractivity contribution in [1.82, 2.24) is 9.58 Å². The fraction of sp³-hybridized carbons (Fsp3) is 0.333. The smallest absolute Gasteiger partial charge is 0.278 e. The maximum absolute atomic E-state index is 15.4. The van der Waals surface area contributed by atoms with Gasteiger partial charge in [0.05, 0.1) is 19.3 Å². The molecule has 8 rings (SSSR count). The molecule has 0 unspecified atom stereocenters. The number of aromatic nitrogens is 1. The van der Waals surface area contributed by atoms with Gasteiger partial charge in [0, 0.05) is 18.8 Å². The minimum Gasteiger partial charge on any atom is -0.502 e. The van der Waals surface area contributed by atoms with Crippen LogP contribution in [0.15, 0.2) is 53.5 Å². The van der Waals surface area contributed by atoms with E-state index in [9.17, 15) is 19.1 Å². The fourth-order valence-corrected chi connectivity index (χ4v) is 6.46. The SMILES string of the molecule is O=C1c2c(O)c(=O)ccn2N([C@@H]2c3ccccc3C3CC(C3)c3c2ccc(F)c3F)[C@@H]2COCCN12. The van der Waals surface area contributed by atoms with E-state index in [1.54, 1.807) is 11.0 Å². The van der Waals surface area contributed by atoms with E-state index in [4.69, 9.17) is 4.74 Å². The number of aromatic hydroxyl groups is 1. The van der Waals surface area contributed by atoms with E-state index in [2.05, 4.69) is 6.07 Å². The van der Waals surface area contributed by atoms with Crippen molar-refractivity contribution in [3.05, 3.63) is 98.5 Å². The Balaban J connectivity index is 1.55. The Morgan fingerprint density at radius 3 is 2.53 bits per heavy atom. The summed E-state index contributed by atoms with van der Waals surface area (Å²) in [6.07, 6.45) is 2.34. The second-order valence-corrected chi connectivity index (χ2v) is 9.92. The van der Waals surface area contributed by atoms with Gasteiger partial charge in [-0.25, -0.2) is 8.78 Å². The van der Waals surface area contributed by atoms with Crippen molar-refractivity contribution in [1.29, 1.82) is 0 Å². The van der Waals surface area contributed by atoms with Gasteiger partial charge in [0.2, 0.25) is 5.43 Å². The lowest BCUT2D eigenvalue weighted by atomic mass is 9.63. The van der Waals surface area contributed by atoms with E-state index in [0.29, 0.717) is 17.7 Å². The molecule has 184 valence electrons. The second-order valence-electron chi connectivity index (χ2n) is 9.92. The van der Waals surface area contributed by atoms with Crippen molar-refractivity contribution in [2.24, 2.45) is 0 Å². The zero-order chi connectivity index (χ0) is 24.7. The first-order chi connectivity index (χ1) is 17.5. The lowest BCUT2D eigenvalue weighted by Gasteiger charge is -2.53. The van der Waals surface area contributed by atoms with E-state index < -0.39 is 40.9 Å². The first-order valence-corrected chi connectivity index (χ1v) is 12.1. The van der Waals surface area contributed by atoms with Gasteiger partial charge < -0.3 is 14.7 Å². The number of rotatable bonds is 1. The number of pyridine rings is 1. The molecule has 1 aromatic heterocycles. The monoisotopic (exact) mass is 491 g/mol. The Bertz CT molecular complexity index is 1480. The van der Waals surface area contributed by atoms with Gasteiger partial charge in [-0.15, -0.1) is 0 Å². The van der Waals surface area contributed by atoms with E-state index in [1.165, 1.54) is 16.9 Å². The Kier molecular flexibility index (Phi) is 4.57. The van der Waals surface area contributed by atoms with Crippen molar-refractivity contribution in [3.8, 4) is 5.75 Å². The predicted molar refractivity (Wildman–Crippen MR) is 126 cm³/mol. The average molecular weight is 491 g/mol. The van der Waals surface area contributed by atoms with E-state index in [-0.39, 0.29) is 30.7 Å². The maximum Gasteiger partial charge on any atom is 0.278 e. The molecule has 2 bridgehead atoms. The number of carbonyl (C=O) groups excluding carboxylic acids is 1. The number of fused-ring (bicyclic) bond motifs is 2. The zero-order valence-corrected chi connectivity index (χ0v) is 19.2. The predicted octanol–water partition coefficient (Wildman–Crippen LogP) is 3.35. The zero-order valence-electron chi connectivity index (χ0n) is 19.2. The van der Waals surface area contributed by atoms with Crippen molar-refractivity contribution in [2.75, 3.05) is 24.8 Å². The molecule has 2 atom stereocenters. The van der Waals surface area contributed by atoms with Crippen LogP contribution in [0.2, 0.25) is 0 Å². The molecule has 3 aliphatic carbocycles. The lowest BCUT2D eigenvalue weighted by Crippen LogP contribution is -2.66. The molecule has 7 nitrogen and oxygen atoms in total. The molecule has 3 aromatic rings. The average Bonchev–Trinajstić information content (AvgIpc) is 2.85. The summed E-state index contributed by atoms with van der Waals surface area (Å²) in [6.45, 7) is 0.769. The van der Waals surface area contributed by atoms with Crippen molar-refractivity contribution in [3.63, 3.8) is 0 Å². The van der Waals surface area contributed by atoms with Gasteiger partial charge in [-0.1, -0.05) is 30.3 Å². The molecule has 1 saturated carbocycles. The van der Waals surface area contributed by atoms with Crippen LogP contribution in [0.3, 0.4) is 0 Å². The Morgan fingerprint density at radius 2 is 1.72 bits per heavy atom. The number of amides is 1. The van der Waals surface area contributed by atoms with Gasteiger partial charge in [0.15, 0.2) is 23.1 Å². The Labute approximate surface area is 205 Å². The molecule has 1 saturated heterocycles. The third kappa shape index (κ3) is 2.80. The summed E-state index contributed by atoms with van der Waals surface area (Å²) in [7, 11) is 0. The lowest BCUT2D eigenvalue weighted by molar-refractivity contribution is -0.0198. The Hall–Kier alpha value is -3.72. The van der Waals surface area contributed by atoms with Crippen LogP contribution in [-0.2, 0) is 4.74 Å². The first-order valence-electron chi connectivity index (χ1n) is 12.1. The van der Waals surface area contributed by atoms with Gasteiger partial charge in [0.1, 0.15) is 6.17 Å². The summed E-state index contributed by atoms with van der Waals surface area (Å²) in [5.41, 5.74) is 2.20. The van der Waals surface area contributed by atoms with Gasteiger partial charge in [-0.2, -0.15) is 0 Å². The van der Waals surface area contributed by atoms with Crippen LogP contribution < -0.4 is 10.4 Å². The molecular formula is C27H23F2N3O4.